The first-order valence-electron chi connectivity index (χ1n) is 9.45. The Morgan fingerprint density at radius 2 is 1.61 bits per heavy atom. The maximum Gasteiger partial charge on any atom is 0.267 e. The van der Waals surface area contributed by atoms with E-state index in [4.69, 9.17) is 11.6 Å². The van der Waals surface area contributed by atoms with Crippen LogP contribution < -0.4 is 5.32 Å². The Morgan fingerprint density at radius 1 is 0.968 bits per heavy atom. The lowest BCUT2D eigenvalue weighted by atomic mass is 10.2. The first kappa shape index (κ1) is 21.5. The molecule has 1 heterocycles. The van der Waals surface area contributed by atoms with Gasteiger partial charge in [0.2, 0.25) is 10.0 Å². The van der Waals surface area contributed by atoms with Gasteiger partial charge in [-0.2, -0.15) is 4.31 Å². The van der Waals surface area contributed by atoms with Gasteiger partial charge in [-0.1, -0.05) is 60.1 Å². The maximum absolute atomic E-state index is 12.9. The lowest BCUT2D eigenvalue weighted by molar-refractivity contribution is 0.103. The van der Waals surface area contributed by atoms with E-state index >= 15 is 0 Å². The van der Waals surface area contributed by atoms with E-state index in [1.54, 1.807) is 19.2 Å². The zero-order valence-corrected chi connectivity index (χ0v) is 19.0. The summed E-state index contributed by atoms with van der Waals surface area (Å²) in [5.41, 5.74) is 1.39. The van der Waals surface area contributed by atoms with Crippen molar-refractivity contribution < 1.29 is 13.2 Å². The number of rotatable bonds is 6. The van der Waals surface area contributed by atoms with Crippen LogP contribution in [0, 0.1) is 0 Å². The summed E-state index contributed by atoms with van der Waals surface area (Å²) in [6.45, 7) is 0.270. The maximum atomic E-state index is 12.9. The summed E-state index contributed by atoms with van der Waals surface area (Å²) in [6.07, 6.45) is 0. The second-order valence-electron chi connectivity index (χ2n) is 6.97. The van der Waals surface area contributed by atoms with E-state index in [0.717, 1.165) is 15.6 Å². The second kappa shape index (κ2) is 8.80. The SMILES string of the molecule is CN(Cc1ccccc1)S(=O)(=O)c1ccc(NC(=O)c2sc3ccccc3c2Cl)cc1. The lowest BCUT2D eigenvalue weighted by Gasteiger charge is -2.17. The summed E-state index contributed by atoms with van der Waals surface area (Å²) >= 11 is 7.69. The van der Waals surface area contributed by atoms with Crippen molar-refractivity contribution in [3.05, 3.63) is 94.3 Å². The van der Waals surface area contributed by atoms with Gasteiger partial charge in [-0.15, -0.1) is 11.3 Å². The van der Waals surface area contributed by atoms with Crippen molar-refractivity contribution in [1.82, 2.24) is 4.31 Å². The highest BCUT2D eigenvalue weighted by atomic mass is 35.5. The number of benzene rings is 3. The number of thiophene rings is 1. The first-order valence-corrected chi connectivity index (χ1v) is 12.1. The Morgan fingerprint density at radius 3 is 2.29 bits per heavy atom. The molecule has 0 spiro atoms. The Kier molecular flexibility index (Phi) is 6.11. The number of amides is 1. The van der Waals surface area contributed by atoms with Crippen molar-refractivity contribution in [3.63, 3.8) is 0 Å². The monoisotopic (exact) mass is 470 g/mol. The number of nitrogens with one attached hydrogen (secondary N) is 1. The first-order chi connectivity index (χ1) is 14.9. The summed E-state index contributed by atoms with van der Waals surface area (Å²) in [5.74, 6) is -0.331. The van der Waals surface area contributed by atoms with Crippen molar-refractivity contribution in [2.75, 3.05) is 12.4 Å². The second-order valence-corrected chi connectivity index (χ2v) is 10.4. The highest BCUT2D eigenvalue weighted by molar-refractivity contribution is 7.89. The van der Waals surface area contributed by atoms with Crippen LogP contribution in [0.15, 0.2) is 83.8 Å². The molecule has 0 unspecified atom stereocenters. The van der Waals surface area contributed by atoms with Crippen molar-refractivity contribution in [1.29, 1.82) is 0 Å². The van der Waals surface area contributed by atoms with Crippen molar-refractivity contribution in [2.24, 2.45) is 0 Å². The summed E-state index contributed by atoms with van der Waals surface area (Å²) in [6, 6.07) is 23.0. The lowest BCUT2D eigenvalue weighted by Crippen LogP contribution is -2.26. The van der Waals surface area contributed by atoms with Crippen LogP contribution in [0.2, 0.25) is 5.02 Å². The Bertz CT molecular complexity index is 1330. The summed E-state index contributed by atoms with van der Waals surface area (Å²) in [4.78, 5) is 13.3. The minimum Gasteiger partial charge on any atom is -0.321 e. The molecule has 8 heteroatoms. The molecule has 4 rings (SSSR count). The molecule has 158 valence electrons. The molecule has 0 atom stereocenters. The minimum atomic E-state index is -3.66. The van der Waals surface area contributed by atoms with Gasteiger partial charge in [0.1, 0.15) is 4.88 Å². The zero-order valence-electron chi connectivity index (χ0n) is 16.6. The highest BCUT2D eigenvalue weighted by Crippen LogP contribution is 2.35. The average molecular weight is 471 g/mol. The van der Waals surface area contributed by atoms with Crippen LogP contribution in [-0.2, 0) is 16.6 Å². The average Bonchev–Trinajstić information content (AvgIpc) is 3.12. The molecule has 0 saturated carbocycles. The number of fused-ring (bicyclic) bond motifs is 1. The Hall–Kier alpha value is -2.71. The fourth-order valence-electron chi connectivity index (χ4n) is 3.16. The topological polar surface area (TPSA) is 66.5 Å². The van der Waals surface area contributed by atoms with Crippen LogP contribution in [0.5, 0.6) is 0 Å². The van der Waals surface area contributed by atoms with E-state index in [1.165, 1.54) is 27.8 Å². The number of hydrogen-bond acceptors (Lipinski definition) is 4. The molecule has 1 amide bonds. The molecule has 0 fully saturated rings. The predicted octanol–water partition coefficient (Wildman–Crippen LogP) is 5.63. The fourth-order valence-corrected chi connectivity index (χ4v) is 5.73. The largest absolute Gasteiger partial charge is 0.321 e. The van der Waals surface area contributed by atoms with E-state index in [1.807, 2.05) is 54.6 Å². The molecule has 0 bridgehead atoms. The third kappa shape index (κ3) is 4.50. The quantitative estimate of drug-likeness (QED) is 0.397. The van der Waals surface area contributed by atoms with Gasteiger partial charge in [0.15, 0.2) is 0 Å². The Balaban J connectivity index is 1.49. The molecule has 0 aliphatic carbocycles. The highest BCUT2D eigenvalue weighted by Gasteiger charge is 2.21. The van der Waals surface area contributed by atoms with Gasteiger partial charge in [-0.05, 0) is 35.9 Å². The molecule has 3 aromatic carbocycles. The number of carbonyl (C=O) groups is 1. The van der Waals surface area contributed by atoms with Gasteiger partial charge in [0, 0.05) is 29.4 Å². The molecule has 0 aliphatic rings. The van der Waals surface area contributed by atoms with Gasteiger partial charge >= 0.3 is 0 Å². The van der Waals surface area contributed by atoms with Gasteiger partial charge in [0.05, 0.1) is 9.92 Å². The van der Waals surface area contributed by atoms with E-state index in [-0.39, 0.29) is 17.3 Å². The van der Waals surface area contributed by atoms with Crippen molar-refractivity contribution in [2.45, 2.75) is 11.4 Å². The molecule has 31 heavy (non-hydrogen) atoms. The number of sulfonamides is 1. The number of hydrogen-bond donors (Lipinski definition) is 1. The third-order valence-corrected chi connectivity index (χ3v) is 8.30. The van der Waals surface area contributed by atoms with E-state index < -0.39 is 10.0 Å². The smallest absolute Gasteiger partial charge is 0.267 e. The van der Waals surface area contributed by atoms with Gasteiger partial charge < -0.3 is 5.32 Å². The number of nitrogens with zero attached hydrogens (tertiary/aromatic N) is 1. The number of carbonyl (C=O) groups excluding carboxylic acids is 1. The summed E-state index contributed by atoms with van der Waals surface area (Å²) < 4.78 is 27.9. The van der Waals surface area contributed by atoms with Gasteiger partial charge in [-0.25, -0.2) is 8.42 Å². The molecule has 1 aromatic heterocycles. The molecule has 5 nitrogen and oxygen atoms in total. The molecule has 4 aromatic rings. The van der Waals surface area contributed by atoms with E-state index in [0.29, 0.717) is 15.6 Å². The minimum absolute atomic E-state index is 0.156. The number of halogens is 1. The van der Waals surface area contributed by atoms with E-state index in [9.17, 15) is 13.2 Å². The van der Waals surface area contributed by atoms with Crippen LogP contribution in [0.1, 0.15) is 15.2 Å². The molecular weight excluding hydrogens is 452 g/mol. The predicted molar refractivity (Wildman–Crippen MR) is 126 cm³/mol. The van der Waals surface area contributed by atoms with Crippen LogP contribution >= 0.6 is 22.9 Å². The molecule has 0 saturated heterocycles. The molecular formula is C23H19ClN2O3S2. The zero-order chi connectivity index (χ0) is 22.0. The molecule has 0 aliphatic heterocycles. The summed E-state index contributed by atoms with van der Waals surface area (Å²) in [7, 11) is -2.11. The van der Waals surface area contributed by atoms with Crippen molar-refractivity contribution in [3.8, 4) is 0 Å². The van der Waals surface area contributed by atoms with Crippen LogP contribution in [0.3, 0.4) is 0 Å². The summed E-state index contributed by atoms with van der Waals surface area (Å²) in [5, 5.41) is 4.04. The van der Waals surface area contributed by atoms with Gasteiger partial charge in [-0.3, -0.25) is 4.79 Å². The molecule has 1 N–H and O–H groups in total. The van der Waals surface area contributed by atoms with Crippen LogP contribution in [0.4, 0.5) is 5.69 Å². The number of anilines is 1. The fraction of sp³-hybridized carbons (Fsp3) is 0.0870. The van der Waals surface area contributed by atoms with E-state index in [2.05, 4.69) is 5.32 Å². The van der Waals surface area contributed by atoms with Crippen LogP contribution in [0.25, 0.3) is 10.1 Å². The molecule has 0 radical (unpaired) electrons. The Labute approximate surface area is 189 Å². The standard InChI is InChI=1S/C23H19ClN2O3S2/c1-26(15-16-7-3-2-4-8-16)31(28,29)18-13-11-17(12-14-18)25-23(27)22-21(24)19-9-5-6-10-20(19)30-22/h2-14H,15H2,1H3,(H,25,27). The van der Waals surface area contributed by atoms with Crippen LogP contribution in [-0.4, -0.2) is 25.7 Å². The van der Waals surface area contributed by atoms with Gasteiger partial charge in [0.25, 0.3) is 5.91 Å². The normalized spacial score (nSPS) is 11.7. The third-order valence-electron chi connectivity index (χ3n) is 4.81. The van der Waals surface area contributed by atoms with Crippen molar-refractivity contribution >= 4 is 54.6 Å².